The summed E-state index contributed by atoms with van der Waals surface area (Å²) in [7, 11) is -0.578. The van der Waals surface area contributed by atoms with Gasteiger partial charge in [-0.3, -0.25) is 4.79 Å². The zero-order chi connectivity index (χ0) is 20.2. The number of sulfonamides is 1. The number of anilines is 1. The van der Waals surface area contributed by atoms with E-state index < -0.39 is 10.0 Å². The quantitative estimate of drug-likeness (QED) is 0.755. The Morgan fingerprint density at radius 2 is 1.78 bits per heavy atom. The molecule has 0 radical (unpaired) electrons. The highest BCUT2D eigenvalue weighted by atomic mass is 32.2. The smallest absolute Gasteiger partial charge is 0.242 e. The summed E-state index contributed by atoms with van der Waals surface area (Å²) in [5, 5.41) is 3.06. The number of aryl methyl sites for hydroxylation is 1. The van der Waals surface area contributed by atoms with Crippen LogP contribution in [0.25, 0.3) is 0 Å². The van der Waals surface area contributed by atoms with Gasteiger partial charge in [0.1, 0.15) is 0 Å². The summed E-state index contributed by atoms with van der Waals surface area (Å²) in [5.74, 6) is 0.142. The minimum absolute atomic E-state index is 0.148. The highest BCUT2D eigenvalue weighted by Crippen LogP contribution is 2.29. The second-order valence-electron chi connectivity index (χ2n) is 6.61. The number of carbonyl (C=O) groups excluding carboxylic acids is 1. The van der Waals surface area contributed by atoms with Gasteiger partial charge in [0.2, 0.25) is 15.9 Å². The molecule has 5 nitrogen and oxygen atoms in total. The van der Waals surface area contributed by atoms with Gasteiger partial charge in [0.25, 0.3) is 0 Å². The first kappa shape index (κ1) is 21.5. The van der Waals surface area contributed by atoms with Crippen LogP contribution in [0.4, 0.5) is 5.69 Å². The molecule has 0 aliphatic heterocycles. The molecule has 0 heterocycles. The van der Waals surface area contributed by atoms with Crippen LogP contribution in [0.1, 0.15) is 28.9 Å². The summed E-state index contributed by atoms with van der Waals surface area (Å²) < 4.78 is 26.0. The number of benzene rings is 2. The first-order valence-corrected chi connectivity index (χ1v) is 11.1. The van der Waals surface area contributed by atoms with E-state index in [-0.39, 0.29) is 16.1 Å². The molecule has 0 fully saturated rings. The summed E-state index contributed by atoms with van der Waals surface area (Å²) in [6.45, 7) is 5.77. The lowest BCUT2D eigenvalue weighted by atomic mass is 10.1. The third-order valence-corrected chi connectivity index (χ3v) is 7.42. The van der Waals surface area contributed by atoms with Gasteiger partial charge in [-0.2, -0.15) is 0 Å². The van der Waals surface area contributed by atoms with E-state index >= 15 is 0 Å². The van der Waals surface area contributed by atoms with Crippen molar-refractivity contribution in [3.8, 4) is 0 Å². The summed E-state index contributed by atoms with van der Waals surface area (Å²) in [6.07, 6.45) is 0. The van der Waals surface area contributed by atoms with Crippen LogP contribution in [0.5, 0.6) is 0 Å². The fourth-order valence-electron chi connectivity index (χ4n) is 2.52. The summed E-state index contributed by atoms with van der Waals surface area (Å²) >= 11 is 1.54. The second-order valence-corrected chi connectivity index (χ2v) is 10.1. The topological polar surface area (TPSA) is 66.5 Å². The molecule has 0 saturated heterocycles. The Kier molecular flexibility index (Phi) is 7.08. The first-order valence-electron chi connectivity index (χ1n) is 8.63. The van der Waals surface area contributed by atoms with Crippen LogP contribution in [0.2, 0.25) is 0 Å². The third-order valence-electron chi connectivity index (χ3n) is 4.43. The Morgan fingerprint density at radius 3 is 2.37 bits per heavy atom. The monoisotopic (exact) mass is 406 g/mol. The zero-order valence-electron chi connectivity index (χ0n) is 16.3. The van der Waals surface area contributed by atoms with E-state index in [0.29, 0.717) is 11.4 Å². The summed E-state index contributed by atoms with van der Waals surface area (Å²) in [6, 6.07) is 13.2. The van der Waals surface area contributed by atoms with Gasteiger partial charge < -0.3 is 5.32 Å². The Labute approximate surface area is 166 Å². The van der Waals surface area contributed by atoms with E-state index in [0.717, 1.165) is 11.1 Å². The predicted molar refractivity (Wildman–Crippen MR) is 113 cm³/mol. The Hall–Kier alpha value is -1.83. The molecule has 2 rings (SSSR count). The summed E-state index contributed by atoms with van der Waals surface area (Å²) in [4.78, 5) is 12.6. The van der Waals surface area contributed by atoms with Crippen molar-refractivity contribution in [2.75, 3.05) is 25.2 Å². The number of hydrogen-bond donors (Lipinski definition) is 1. The van der Waals surface area contributed by atoms with Crippen molar-refractivity contribution < 1.29 is 13.2 Å². The van der Waals surface area contributed by atoms with Crippen molar-refractivity contribution in [1.82, 2.24) is 4.31 Å². The standard InChI is InChI=1S/C20H26N2O3S2/c1-14-11-18(27(24,25)22(4)5)12-19(15(14)2)21-20(23)13-26-16(3)17-9-7-6-8-10-17/h6-12,16H,13H2,1-5H3,(H,21,23). The normalized spacial score (nSPS) is 12.8. The van der Waals surface area contributed by atoms with Gasteiger partial charge in [0.15, 0.2) is 0 Å². The molecule has 2 aromatic rings. The highest BCUT2D eigenvalue weighted by Gasteiger charge is 2.20. The van der Waals surface area contributed by atoms with Crippen molar-refractivity contribution in [1.29, 1.82) is 0 Å². The average Bonchev–Trinajstić information content (AvgIpc) is 2.63. The van der Waals surface area contributed by atoms with Crippen LogP contribution in [-0.2, 0) is 14.8 Å². The summed E-state index contributed by atoms with van der Waals surface area (Å²) in [5.41, 5.74) is 3.38. The zero-order valence-corrected chi connectivity index (χ0v) is 17.9. The SMILES string of the molecule is Cc1cc(S(=O)(=O)N(C)C)cc(NC(=O)CSC(C)c2ccccc2)c1C. The maximum atomic E-state index is 12.4. The fraction of sp³-hybridized carbons (Fsp3) is 0.350. The van der Waals surface area contributed by atoms with Crippen molar-refractivity contribution in [2.24, 2.45) is 0 Å². The van der Waals surface area contributed by atoms with Gasteiger partial charge in [-0.1, -0.05) is 30.3 Å². The molecule has 0 saturated carbocycles. The lowest BCUT2D eigenvalue weighted by Gasteiger charge is -2.17. The van der Waals surface area contributed by atoms with Gasteiger partial charge in [-0.25, -0.2) is 12.7 Å². The molecule has 0 aliphatic carbocycles. The molecule has 1 N–H and O–H groups in total. The predicted octanol–water partition coefficient (Wildman–Crippen LogP) is 3.99. The van der Waals surface area contributed by atoms with Crippen molar-refractivity contribution in [3.05, 3.63) is 59.2 Å². The lowest BCUT2D eigenvalue weighted by Crippen LogP contribution is -2.23. The number of nitrogens with zero attached hydrogens (tertiary/aromatic N) is 1. The van der Waals surface area contributed by atoms with E-state index in [1.165, 1.54) is 30.0 Å². The van der Waals surface area contributed by atoms with E-state index in [9.17, 15) is 13.2 Å². The number of amides is 1. The first-order chi connectivity index (χ1) is 12.6. The highest BCUT2D eigenvalue weighted by molar-refractivity contribution is 8.00. The molecule has 0 aliphatic rings. The maximum Gasteiger partial charge on any atom is 0.242 e. The molecular weight excluding hydrogens is 380 g/mol. The molecule has 0 bridgehead atoms. The van der Waals surface area contributed by atoms with Gasteiger partial charge in [0.05, 0.1) is 10.6 Å². The van der Waals surface area contributed by atoms with Crippen LogP contribution in [0.3, 0.4) is 0 Å². The van der Waals surface area contributed by atoms with E-state index in [4.69, 9.17) is 0 Å². The van der Waals surface area contributed by atoms with Gasteiger partial charge in [0, 0.05) is 25.0 Å². The molecule has 0 spiro atoms. The van der Waals surface area contributed by atoms with Crippen LogP contribution in [-0.4, -0.2) is 38.5 Å². The number of rotatable bonds is 7. The largest absolute Gasteiger partial charge is 0.325 e. The third kappa shape index (κ3) is 5.34. The van der Waals surface area contributed by atoms with E-state index in [1.807, 2.05) is 44.2 Å². The molecule has 0 aromatic heterocycles. The molecule has 146 valence electrons. The average molecular weight is 407 g/mol. The number of nitrogens with one attached hydrogen (secondary N) is 1. The van der Waals surface area contributed by atoms with E-state index in [2.05, 4.69) is 12.2 Å². The molecule has 27 heavy (non-hydrogen) atoms. The Morgan fingerprint density at radius 1 is 1.15 bits per heavy atom. The van der Waals surface area contributed by atoms with Crippen molar-refractivity contribution in [2.45, 2.75) is 30.9 Å². The van der Waals surface area contributed by atoms with Crippen LogP contribution < -0.4 is 5.32 Å². The Bertz CT molecular complexity index is 910. The van der Waals surface area contributed by atoms with Gasteiger partial charge in [-0.15, -0.1) is 11.8 Å². The van der Waals surface area contributed by atoms with Gasteiger partial charge in [-0.05, 0) is 49.6 Å². The molecule has 1 unspecified atom stereocenters. The number of hydrogen-bond acceptors (Lipinski definition) is 4. The fourth-order valence-corrected chi connectivity index (χ4v) is 4.36. The van der Waals surface area contributed by atoms with Gasteiger partial charge >= 0.3 is 0 Å². The minimum Gasteiger partial charge on any atom is -0.325 e. The number of thioether (sulfide) groups is 1. The van der Waals surface area contributed by atoms with Crippen molar-refractivity contribution in [3.63, 3.8) is 0 Å². The second kappa shape index (κ2) is 8.91. The van der Waals surface area contributed by atoms with Crippen LogP contribution >= 0.6 is 11.8 Å². The molecule has 1 atom stereocenters. The number of carbonyl (C=O) groups is 1. The van der Waals surface area contributed by atoms with Crippen LogP contribution in [0.15, 0.2) is 47.4 Å². The lowest BCUT2D eigenvalue weighted by molar-refractivity contribution is -0.113. The molecule has 2 aromatic carbocycles. The Balaban J connectivity index is 2.12. The molecule has 7 heteroatoms. The molecular formula is C20H26N2O3S2. The maximum absolute atomic E-state index is 12.4. The molecule has 1 amide bonds. The van der Waals surface area contributed by atoms with Crippen molar-refractivity contribution >= 4 is 33.4 Å². The minimum atomic E-state index is -3.56. The van der Waals surface area contributed by atoms with Crippen LogP contribution in [0, 0.1) is 13.8 Å². The van der Waals surface area contributed by atoms with E-state index in [1.54, 1.807) is 17.8 Å².